The molecule has 3 aromatic rings. The van der Waals surface area contributed by atoms with Gasteiger partial charge >= 0.3 is 0 Å². The molecule has 0 aromatic heterocycles. The summed E-state index contributed by atoms with van der Waals surface area (Å²) in [6, 6.07) is 16.5. The van der Waals surface area contributed by atoms with E-state index in [1.165, 1.54) is 12.1 Å². The van der Waals surface area contributed by atoms with Gasteiger partial charge in [-0.2, -0.15) is 0 Å². The van der Waals surface area contributed by atoms with E-state index in [1.807, 2.05) is 57.2 Å². The Bertz CT molecular complexity index is 1250. The largest absolute Gasteiger partial charge is 0.507 e. The second kappa shape index (κ2) is 6.49. The fourth-order valence-electron chi connectivity index (χ4n) is 4.23. The molecule has 0 amide bonds. The van der Waals surface area contributed by atoms with Crippen LogP contribution >= 0.6 is 0 Å². The number of anilines is 1. The van der Waals surface area contributed by atoms with Crippen molar-refractivity contribution in [3.8, 4) is 16.9 Å². The average Bonchev–Trinajstić information content (AvgIpc) is 2.67. The maximum atomic E-state index is 14.1. The van der Waals surface area contributed by atoms with Crippen LogP contribution in [-0.2, 0) is 0 Å². The Morgan fingerprint density at radius 3 is 2.63 bits per heavy atom. The molecular weight excluding hydrogens is 377 g/mol. The van der Waals surface area contributed by atoms with Crippen LogP contribution in [-0.4, -0.2) is 10.6 Å². The Kier molecular flexibility index (Phi) is 4.00. The first-order chi connectivity index (χ1) is 14.3. The zero-order chi connectivity index (χ0) is 21.0. The number of nitrogens with one attached hydrogen (secondary N) is 1. The standard InChI is InChI=1S/C26H22FNO2/c1-15-5-4-6-16(11-15)12-23-24-18(19-13-17(27)7-10-22(19)30-23)8-9-20-25(24)21(29)14-26(2,3)28-20/h4-14,28-29H,1-3H3/b23-12-. The van der Waals surface area contributed by atoms with Gasteiger partial charge in [0.2, 0.25) is 0 Å². The molecule has 0 bridgehead atoms. The lowest BCUT2D eigenvalue weighted by molar-refractivity contribution is 0.492. The number of halogens is 1. The summed E-state index contributed by atoms with van der Waals surface area (Å²) < 4.78 is 20.3. The minimum atomic E-state index is -0.384. The van der Waals surface area contributed by atoms with Crippen molar-refractivity contribution in [3.63, 3.8) is 0 Å². The predicted molar refractivity (Wildman–Crippen MR) is 120 cm³/mol. The van der Waals surface area contributed by atoms with Gasteiger partial charge in [-0.1, -0.05) is 35.9 Å². The summed E-state index contributed by atoms with van der Waals surface area (Å²) in [6.45, 7) is 6.03. The summed E-state index contributed by atoms with van der Waals surface area (Å²) in [5.74, 6) is 1.07. The fourth-order valence-corrected chi connectivity index (χ4v) is 4.23. The van der Waals surface area contributed by atoms with Gasteiger partial charge in [-0.3, -0.25) is 0 Å². The number of hydrogen-bond donors (Lipinski definition) is 2. The third-order valence-electron chi connectivity index (χ3n) is 5.45. The van der Waals surface area contributed by atoms with E-state index in [4.69, 9.17) is 4.74 Å². The van der Waals surface area contributed by atoms with Gasteiger partial charge in [0.1, 0.15) is 23.1 Å². The van der Waals surface area contributed by atoms with Gasteiger partial charge in [0.25, 0.3) is 0 Å². The van der Waals surface area contributed by atoms with Gasteiger partial charge in [0.15, 0.2) is 0 Å². The molecule has 0 fully saturated rings. The van der Waals surface area contributed by atoms with E-state index in [9.17, 15) is 9.50 Å². The molecule has 150 valence electrons. The quantitative estimate of drug-likeness (QED) is 0.473. The van der Waals surface area contributed by atoms with Crippen molar-refractivity contribution in [2.24, 2.45) is 0 Å². The smallest absolute Gasteiger partial charge is 0.136 e. The van der Waals surface area contributed by atoms with Crippen LogP contribution < -0.4 is 10.1 Å². The zero-order valence-corrected chi connectivity index (χ0v) is 17.1. The lowest BCUT2D eigenvalue weighted by atomic mass is 9.85. The summed E-state index contributed by atoms with van der Waals surface area (Å²) >= 11 is 0. The molecule has 0 unspecified atom stereocenters. The summed E-state index contributed by atoms with van der Waals surface area (Å²) in [6.07, 6.45) is 3.76. The molecule has 5 rings (SSSR count). The monoisotopic (exact) mass is 399 g/mol. The van der Waals surface area contributed by atoms with Crippen LogP contribution in [0.5, 0.6) is 5.75 Å². The van der Waals surface area contributed by atoms with Crippen LogP contribution in [0.1, 0.15) is 36.1 Å². The number of fused-ring (bicyclic) bond motifs is 5. The van der Waals surface area contributed by atoms with Gasteiger partial charge in [0, 0.05) is 16.8 Å². The van der Waals surface area contributed by atoms with Gasteiger partial charge in [-0.05, 0) is 68.3 Å². The summed E-state index contributed by atoms with van der Waals surface area (Å²) in [5, 5.41) is 14.4. The number of ether oxygens (including phenoxy) is 1. The van der Waals surface area contributed by atoms with Crippen LogP contribution in [0.2, 0.25) is 0 Å². The van der Waals surface area contributed by atoms with Crippen molar-refractivity contribution in [2.45, 2.75) is 26.3 Å². The maximum absolute atomic E-state index is 14.1. The highest BCUT2D eigenvalue weighted by molar-refractivity contribution is 5.99. The van der Waals surface area contributed by atoms with Crippen LogP contribution in [0.3, 0.4) is 0 Å². The van der Waals surface area contributed by atoms with Crippen LogP contribution in [0.15, 0.2) is 60.7 Å². The number of benzene rings is 3. The highest BCUT2D eigenvalue weighted by Crippen LogP contribution is 2.48. The maximum Gasteiger partial charge on any atom is 0.136 e. The van der Waals surface area contributed by atoms with Crippen LogP contribution in [0.25, 0.3) is 28.7 Å². The van der Waals surface area contributed by atoms with Crippen molar-refractivity contribution in [1.82, 2.24) is 0 Å². The Hall–Kier alpha value is -3.53. The topological polar surface area (TPSA) is 41.5 Å². The first-order valence-electron chi connectivity index (χ1n) is 9.95. The van der Waals surface area contributed by atoms with Gasteiger partial charge in [-0.15, -0.1) is 0 Å². The highest BCUT2D eigenvalue weighted by Gasteiger charge is 2.32. The lowest BCUT2D eigenvalue weighted by Crippen LogP contribution is -2.32. The molecule has 0 radical (unpaired) electrons. The molecule has 3 aromatic carbocycles. The van der Waals surface area contributed by atoms with Crippen molar-refractivity contribution in [2.75, 3.05) is 5.32 Å². The Morgan fingerprint density at radius 1 is 1.00 bits per heavy atom. The van der Waals surface area contributed by atoms with Crippen molar-refractivity contribution >= 4 is 23.3 Å². The molecule has 3 nitrogen and oxygen atoms in total. The molecule has 0 saturated heterocycles. The molecule has 0 saturated carbocycles. The Labute approximate surface area is 175 Å². The van der Waals surface area contributed by atoms with E-state index in [0.29, 0.717) is 22.6 Å². The van der Waals surface area contributed by atoms with Gasteiger partial charge in [0.05, 0.1) is 11.1 Å². The second-order valence-electron chi connectivity index (χ2n) is 8.45. The number of aliphatic hydroxyl groups is 1. The van der Waals surface area contributed by atoms with E-state index >= 15 is 0 Å². The molecule has 2 aliphatic heterocycles. The molecule has 2 N–H and O–H groups in total. The lowest BCUT2D eigenvalue weighted by Gasteiger charge is -2.34. The van der Waals surface area contributed by atoms with E-state index < -0.39 is 0 Å². The van der Waals surface area contributed by atoms with Gasteiger partial charge < -0.3 is 15.2 Å². The second-order valence-corrected chi connectivity index (χ2v) is 8.45. The van der Waals surface area contributed by atoms with E-state index in [1.54, 1.807) is 12.1 Å². The van der Waals surface area contributed by atoms with Crippen molar-refractivity contribution in [1.29, 1.82) is 0 Å². The number of hydrogen-bond acceptors (Lipinski definition) is 3. The molecule has 0 aliphatic carbocycles. The molecule has 4 heteroatoms. The number of aliphatic hydroxyl groups excluding tert-OH is 1. The number of rotatable bonds is 1. The first-order valence-corrected chi connectivity index (χ1v) is 9.95. The Balaban J connectivity index is 1.81. The minimum absolute atomic E-state index is 0.184. The third kappa shape index (κ3) is 3.05. The van der Waals surface area contributed by atoms with Crippen molar-refractivity contribution < 1.29 is 14.2 Å². The van der Waals surface area contributed by atoms with E-state index in [0.717, 1.165) is 27.9 Å². The molecule has 0 atom stereocenters. The SMILES string of the molecule is Cc1cccc(/C=C2\Oc3ccc(F)cc3-c3ccc4c(c32)C(O)=CC(C)(C)N4)c1. The first kappa shape index (κ1) is 18.5. The highest BCUT2D eigenvalue weighted by atomic mass is 19.1. The molecule has 0 spiro atoms. The van der Waals surface area contributed by atoms with Crippen molar-refractivity contribution in [3.05, 3.63) is 88.7 Å². The third-order valence-corrected chi connectivity index (χ3v) is 5.45. The molecule has 2 aliphatic rings. The average molecular weight is 399 g/mol. The van der Waals surface area contributed by atoms with E-state index in [-0.39, 0.29) is 17.1 Å². The predicted octanol–water partition coefficient (Wildman–Crippen LogP) is 6.79. The number of aryl methyl sites for hydroxylation is 1. The fraction of sp³-hybridized carbons (Fsp3) is 0.154. The zero-order valence-electron chi connectivity index (χ0n) is 17.1. The Morgan fingerprint density at radius 2 is 1.83 bits per heavy atom. The normalized spacial score (nSPS) is 17.2. The summed E-state index contributed by atoms with van der Waals surface area (Å²) in [4.78, 5) is 0. The van der Waals surface area contributed by atoms with E-state index in [2.05, 4.69) is 11.4 Å². The van der Waals surface area contributed by atoms with Gasteiger partial charge in [-0.25, -0.2) is 4.39 Å². The summed E-state index contributed by atoms with van der Waals surface area (Å²) in [7, 11) is 0. The van der Waals surface area contributed by atoms with Crippen LogP contribution in [0.4, 0.5) is 10.1 Å². The molecular formula is C26H22FNO2. The van der Waals surface area contributed by atoms with Crippen LogP contribution in [0, 0.1) is 12.7 Å². The summed E-state index contributed by atoms with van der Waals surface area (Å²) in [5.41, 5.74) is 5.49. The molecule has 30 heavy (non-hydrogen) atoms. The molecule has 2 heterocycles. The minimum Gasteiger partial charge on any atom is -0.507 e.